The first kappa shape index (κ1) is 22.9. The van der Waals surface area contributed by atoms with Crippen LogP contribution in [-0.2, 0) is 14.9 Å². The molecule has 3 rings (SSSR count). The number of esters is 1. The molecule has 0 N–H and O–H groups in total. The van der Waals surface area contributed by atoms with E-state index in [9.17, 15) is 9.59 Å². The molecule has 1 aliphatic heterocycles. The fourth-order valence-corrected chi connectivity index (χ4v) is 4.47. The molecule has 1 heterocycles. The molecule has 1 saturated heterocycles. The number of nitrogens with zero attached hydrogens (tertiary/aromatic N) is 2. The summed E-state index contributed by atoms with van der Waals surface area (Å²) < 4.78 is 5.15. The van der Waals surface area contributed by atoms with E-state index in [0.29, 0.717) is 31.5 Å². The third-order valence-corrected chi connectivity index (χ3v) is 6.45. The number of ether oxygens (including phenoxy) is 1. The highest BCUT2D eigenvalue weighted by Crippen LogP contribution is 2.37. The number of methoxy groups -OCH3 is 1. The lowest BCUT2D eigenvalue weighted by Gasteiger charge is -2.40. The Hall–Kier alpha value is -2.82. The Morgan fingerprint density at radius 2 is 1.65 bits per heavy atom. The molecule has 2 aromatic rings. The average Bonchev–Trinajstić information content (AvgIpc) is 2.84. The number of unbranched alkanes of at least 4 members (excludes halogenated alkanes) is 1. The second-order valence-electron chi connectivity index (χ2n) is 8.21. The maximum atomic E-state index is 13.1. The quantitative estimate of drug-likeness (QED) is 0.581. The maximum Gasteiger partial charge on any atom is 0.316 e. The summed E-state index contributed by atoms with van der Waals surface area (Å²) in [5.74, 6) is -0.198. The van der Waals surface area contributed by atoms with E-state index in [1.807, 2.05) is 59.5 Å². The van der Waals surface area contributed by atoms with Gasteiger partial charge in [-0.05, 0) is 56.0 Å². The lowest BCUT2D eigenvalue weighted by atomic mass is 9.72. The third-order valence-electron chi connectivity index (χ3n) is 6.45. The molecule has 0 aliphatic carbocycles. The van der Waals surface area contributed by atoms with Gasteiger partial charge in [0.15, 0.2) is 0 Å². The molecule has 0 bridgehead atoms. The molecule has 2 aromatic carbocycles. The zero-order valence-corrected chi connectivity index (χ0v) is 19.0. The molecule has 0 unspecified atom stereocenters. The molecule has 1 aliphatic rings. The molecule has 0 aromatic heterocycles. The van der Waals surface area contributed by atoms with Crippen molar-refractivity contribution in [3.05, 3.63) is 65.7 Å². The summed E-state index contributed by atoms with van der Waals surface area (Å²) in [6.45, 7) is 7.39. The highest BCUT2D eigenvalue weighted by atomic mass is 16.5. The smallest absolute Gasteiger partial charge is 0.316 e. The molecule has 0 saturated carbocycles. The van der Waals surface area contributed by atoms with Crippen molar-refractivity contribution in [1.29, 1.82) is 0 Å². The van der Waals surface area contributed by atoms with E-state index in [1.165, 1.54) is 7.11 Å². The van der Waals surface area contributed by atoms with Gasteiger partial charge in [-0.1, -0.05) is 43.7 Å². The maximum absolute atomic E-state index is 13.1. The minimum absolute atomic E-state index is 0.0229. The Labute approximate surface area is 186 Å². The lowest BCUT2D eigenvalue weighted by molar-refractivity contribution is -0.149. The number of piperidine rings is 1. The van der Waals surface area contributed by atoms with Gasteiger partial charge in [-0.3, -0.25) is 9.59 Å². The number of benzene rings is 2. The normalized spacial score (nSPS) is 15.4. The first-order valence-corrected chi connectivity index (χ1v) is 11.3. The predicted molar refractivity (Wildman–Crippen MR) is 125 cm³/mol. The van der Waals surface area contributed by atoms with Gasteiger partial charge in [-0.25, -0.2) is 0 Å². The van der Waals surface area contributed by atoms with Crippen LogP contribution >= 0.6 is 0 Å². The average molecular weight is 423 g/mol. The van der Waals surface area contributed by atoms with Gasteiger partial charge in [0.2, 0.25) is 0 Å². The van der Waals surface area contributed by atoms with Crippen molar-refractivity contribution in [2.75, 3.05) is 38.2 Å². The summed E-state index contributed by atoms with van der Waals surface area (Å²) in [6.07, 6.45) is 3.45. The van der Waals surface area contributed by atoms with Crippen LogP contribution in [-0.4, -0.2) is 50.1 Å². The molecular formula is C26H34N2O3. The summed E-state index contributed by atoms with van der Waals surface area (Å²) in [7, 11) is 1.44. The highest BCUT2D eigenvalue weighted by molar-refractivity contribution is 5.95. The Morgan fingerprint density at radius 3 is 2.19 bits per heavy atom. The van der Waals surface area contributed by atoms with Crippen LogP contribution in [0.2, 0.25) is 0 Å². The van der Waals surface area contributed by atoms with Crippen LogP contribution < -0.4 is 4.90 Å². The van der Waals surface area contributed by atoms with E-state index in [2.05, 4.69) is 18.7 Å². The van der Waals surface area contributed by atoms with E-state index >= 15 is 0 Å². The van der Waals surface area contributed by atoms with Crippen molar-refractivity contribution in [1.82, 2.24) is 4.90 Å². The van der Waals surface area contributed by atoms with Crippen LogP contribution in [0.5, 0.6) is 0 Å². The first-order valence-electron chi connectivity index (χ1n) is 11.3. The van der Waals surface area contributed by atoms with Crippen LogP contribution in [0.25, 0.3) is 0 Å². The molecule has 0 radical (unpaired) electrons. The van der Waals surface area contributed by atoms with Gasteiger partial charge in [0, 0.05) is 37.4 Å². The lowest BCUT2D eigenvalue weighted by Crippen LogP contribution is -2.49. The molecule has 5 heteroatoms. The zero-order chi connectivity index (χ0) is 22.3. The number of likely N-dealkylation sites (tertiary alicyclic amines) is 1. The van der Waals surface area contributed by atoms with Crippen LogP contribution in [0.4, 0.5) is 5.69 Å². The molecule has 31 heavy (non-hydrogen) atoms. The predicted octanol–water partition coefficient (Wildman–Crippen LogP) is 4.66. The fourth-order valence-electron chi connectivity index (χ4n) is 4.47. The molecule has 1 fully saturated rings. The van der Waals surface area contributed by atoms with Gasteiger partial charge >= 0.3 is 5.97 Å². The van der Waals surface area contributed by atoms with Gasteiger partial charge in [-0.15, -0.1) is 0 Å². The van der Waals surface area contributed by atoms with E-state index in [-0.39, 0.29) is 11.9 Å². The summed E-state index contributed by atoms with van der Waals surface area (Å²) in [5, 5.41) is 0. The number of amides is 1. The topological polar surface area (TPSA) is 49.9 Å². The van der Waals surface area contributed by atoms with E-state index < -0.39 is 5.41 Å². The summed E-state index contributed by atoms with van der Waals surface area (Å²) >= 11 is 0. The zero-order valence-electron chi connectivity index (χ0n) is 19.0. The van der Waals surface area contributed by atoms with Crippen LogP contribution in [0.3, 0.4) is 0 Å². The number of anilines is 1. The van der Waals surface area contributed by atoms with Crippen molar-refractivity contribution < 1.29 is 14.3 Å². The largest absolute Gasteiger partial charge is 0.468 e. The van der Waals surface area contributed by atoms with E-state index in [1.54, 1.807) is 0 Å². The highest BCUT2D eigenvalue weighted by Gasteiger charge is 2.44. The number of hydrogen-bond acceptors (Lipinski definition) is 4. The van der Waals surface area contributed by atoms with Crippen LogP contribution in [0.1, 0.15) is 55.5 Å². The number of carbonyl (C=O) groups excluding carboxylic acids is 2. The SMILES string of the molecule is CCCCN(CC)c1ccc(C(=O)N2CCC(C(=O)OC)(c3ccccc3)CC2)cc1. The Morgan fingerprint density at radius 1 is 1.00 bits per heavy atom. The van der Waals surface area contributed by atoms with Crippen molar-refractivity contribution >= 4 is 17.6 Å². The van der Waals surface area contributed by atoms with Gasteiger partial charge in [0.05, 0.1) is 12.5 Å². The Bertz CT molecular complexity index is 856. The van der Waals surface area contributed by atoms with E-state index in [0.717, 1.165) is 37.2 Å². The standard InChI is InChI=1S/C26H34N2O3/c1-4-6-18-27(5-2)23-14-12-21(13-15-23)24(29)28-19-16-26(17-20-28,25(30)31-3)22-10-8-7-9-11-22/h7-15H,4-6,16-20H2,1-3H3. The first-order chi connectivity index (χ1) is 15.1. The minimum atomic E-state index is -0.683. The van der Waals surface area contributed by atoms with Crippen molar-refractivity contribution in [3.8, 4) is 0 Å². The fraction of sp³-hybridized carbons (Fsp3) is 0.462. The summed E-state index contributed by atoms with van der Waals surface area (Å²) in [4.78, 5) is 30.0. The Kier molecular flexibility index (Phi) is 7.72. The molecule has 1 amide bonds. The van der Waals surface area contributed by atoms with Gasteiger partial charge in [0.25, 0.3) is 5.91 Å². The summed E-state index contributed by atoms with van der Waals surface area (Å²) in [5.41, 5.74) is 2.13. The van der Waals surface area contributed by atoms with Crippen molar-refractivity contribution in [2.24, 2.45) is 0 Å². The van der Waals surface area contributed by atoms with Gasteiger partial charge in [0.1, 0.15) is 0 Å². The van der Waals surface area contributed by atoms with Crippen LogP contribution in [0, 0.1) is 0 Å². The van der Waals surface area contributed by atoms with Crippen LogP contribution in [0.15, 0.2) is 54.6 Å². The second kappa shape index (κ2) is 10.5. The molecule has 166 valence electrons. The number of hydrogen-bond donors (Lipinski definition) is 0. The van der Waals surface area contributed by atoms with Gasteiger partial charge < -0.3 is 14.5 Å². The number of rotatable bonds is 8. The third kappa shape index (κ3) is 4.92. The van der Waals surface area contributed by atoms with Gasteiger partial charge in [-0.2, -0.15) is 0 Å². The number of carbonyl (C=O) groups is 2. The van der Waals surface area contributed by atoms with Crippen molar-refractivity contribution in [2.45, 2.75) is 44.9 Å². The molecule has 0 atom stereocenters. The van der Waals surface area contributed by atoms with Crippen molar-refractivity contribution in [3.63, 3.8) is 0 Å². The molecule has 0 spiro atoms. The summed E-state index contributed by atoms with van der Waals surface area (Å²) in [6, 6.07) is 17.7. The molecule has 5 nitrogen and oxygen atoms in total. The molecular weight excluding hydrogens is 388 g/mol. The monoisotopic (exact) mass is 422 g/mol. The van der Waals surface area contributed by atoms with E-state index in [4.69, 9.17) is 4.74 Å². The minimum Gasteiger partial charge on any atom is -0.468 e. The Balaban J connectivity index is 1.70. The second-order valence-corrected chi connectivity index (χ2v) is 8.21.